The summed E-state index contributed by atoms with van der Waals surface area (Å²) in [6.45, 7) is 2.46. The molecule has 0 bridgehead atoms. The summed E-state index contributed by atoms with van der Waals surface area (Å²) >= 11 is 0. The second kappa shape index (κ2) is 5.64. The highest BCUT2D eigenvalue weighted by molar-refractivity contribution is 5.77. The van der Waals surface area contributed by atoms with Crippen molar-refractivity contribution in [3.63, 3.8) is 0 Å². The maximum atomic E-state index is 11.5. The molecule has 1 fully saturated rings. The molecule has 0 atom stereocenters. The molecule has 1 aliphatic heterocycles. The topological polar surface area (TPSA) is 29.5 Å². The molecule has 0 spiro atoms. The van der Waals surface area contributed by atoms with Crippen LogP contribution in [0.15, 0.2) is 18.2 Å². The van der Waals surface area contributed by atoms with Crippen molar-refractivity contribution < 1.29 is 9.53 Å². The number of fused-ring (bicyclic) bond motifs is 1. The first-order valence-electron chi connectivity index (χ1n) is 7.35. The first-order chi connectivity index (χ1) is 9.33. The normalized spacial score (nSPS) is 17.9. The second-order valence-electron chi connectivity index (χ2n) is 5.47. The van der Waals surface area contributed by atoms with Crippen molar-refractivity contribution in [1.29, 1.82) is 0 Å². The monoisotopic (exact) mass is 259 g/mol. The highest BCUT2D eigenvalue weighted by atomic mass is 16.5. The zero-order chi connectivity index (χ0) is 13.1. The number of carbonyl (C=O) groups excluding carboxylic acids is 1. The van der Waals surface area contributed by atoms with Crippen molar-refractivity contribution >= 4 is 5.91 Å². The number of carbonyl (C=O) groups is 1. The minimum Gasteiger partial charge on any atom is -0.494 e. The Hall–Kier alpha value is -1.51. The van der Waals surface area contributed by atoms with Gasteiger partial charge in [0.1, 0.15) is 5.75 Å². The molecule has 1 aromatic carbocycles. The van der Waals surface area contributed by atoms with Gasteiger partial charge in [0.25, 0.3) is 0 Å². The third kappa shape index (κ3) is 2.91. The predicted octanol–water partition coefficient (Wildman–Crippen LogP) is 2.57. The van der Waals surface area contributed by atoms with E-state index in [2.05, 4.69) is 18.2 Å². The lowest BCUT2D eigenvalue weighted by Crippen LogP contribution is -2.26. The zero-order valence-corrected chi connectivity index (χ0v) is 11.4. The minimum absolute atomic E-state index is 0.303. The molecule has 3 rings (SSSR count). The van der Waals surface area contributed by atoms with Crippen LogP contribution in [-0.2, 0) is 17.6 Å². The number of aryl methyl sites for hydroxylation is 2. The molecule has 1 aromatic rings. The van der Waals surface area contributed by atoms with Crippen LogP contribution in [0.4, 0.5) is 0 Å². The highest BCUT2D eigenvalue weighted by Crippen LogP contribution is 2.26. The fourth-order valence-electron chi connectivity index (χ4n) is 3.02. The van der Waals surface area contributed by atoms with Crippen LogP contribution in [0.5, 0.6) is 5.75 Å². The van der Waals surface area contributed by atoms with Crippen molar-refractivity contribution in [3.05, 3.63) is 29.3 Å². The maximum absolute atomic E-state index is 11.5. The van der Waals surface area contributed by atoms with Crippen molar-refractivity contribution in [3.8, 4) is 5.75 Å². The average Bonchev–Trinajstić information content (AvgIpc) is 3.03. The summed E-state index contributed by atoms with van der Waals surface area (Å²) in [5.41, 5.74) is 2.93. The highest BCUT2D eigenvalue weighted by Gasteiger charge is 2.19. The number of amides is 1. The fourth-order valence-corrected chi connectivity index (χ4v) is 3.02. The van der Waals surface area contributed by atoms with Gasteiger partial charge in [-0.3, -0.25) is 4.79 Å². The lowest BCUT2D eigenvalue weighted by atomic mass is 10.1. The number of hydrogen-bond acceptors (Lipinski definition) is 2. The molecule has 3 heteroatoms. The molecule has 0 aromatic heterocycles. The average molecular weight is 259 g/mol. The van der Waals surface area contributed by atoms with Gasteiger partial charge in [-0.25, -0.2) is 0 Å². The van der Waals surface area contributed by atoms with Crippen LogP contribution < -0.4 is 4.74 Å². The van der Waals surface area contributed by atoms with E-state index in [1.807, 2.05) is 4.90 Å². The van der Waals surface area contributed by atoms with E-state index in [4.69, 9.17) is 4.74 Å². The summed E-state index contributed by atoms with van der Waals surface area (Å²) < 4.78 is 5.79. The van der Waals surface area contributed by atoms with E-state index in [1.165, 1.54) is 30.4 Å². The molecule has 3 nitrogen and oxygen atoms in total. The molecular formula is C16H21NO2. The first kappa shape index (κ1) is 12.5. The van der Waals surface area contributed by atoms with Gasteiger partial charge in [-0.2, -0.15) is 0 Å². The Labute approximate surface area is 114 Å². The second-order valence-corrected chi connectivity index (χ2v) is 5.47. The molecule has 0 unspecified atom stereocenters. The minimum atomic E-state index is 0.303. The largest absolute Gasteiger partial charge is 0.494 e. The third-order valence-corrected chi connectivity index (χ3v) is 4.08. The van der Waals surface area contributed by atoms with Crippen LogP contribution in [-0.4, -0.2) is 30.5 Å². The third-order valence-electron chi connectivity index (χ3n) is 4.08. The SMILES string of the molecule is O=C1CCCN1CCCOc1ccc2c(c1)CCC2. The summed E-state index contributed by atoms with van der Waals surface area (Å²) in [5, 5.41) is 0. The maximum Gasteiger partial charge on any atom is 0.222 e. The zero-order valence-electron chi connectivity index (χ0n) is 11.4. The van der Waals surface area contributed by atoms with Crippen LogP contribution in [0.25, 0.3) is 0 Å². The molecule has 1 amide bonds. The van der Waals surface area contributed by atoms with Crippen LogP contribution in [0.2, 0.25) is 0 Å². The molecule has 19 heavy (non-hydrogen) atoms. The standard InChI is InChI=1S/C16H21NO2/c18-16-6-2-9-17(16)10-3-11-19-15-8-7-13-4-1-5-14(13)12-15/h7-8,12H,1-6,9-11H2. The number of likely N-dealkylation sites (tertiary alicyclic amines) is 1. The van der Waals surface area contributed by atoms with Gasteiger partial charge in [-0.1, -0.05) is 6.07 Å². The van der Waals surface area contributed by atoms with E-state index in [-0.39, 0.29) is 0 Å². The predicted molar refractivity (Wildman–Crippen MR) is 74.4 cm³/mol. The van der Waals surface area contributed by atoms with Gasteiger partial charge in [0, 0.05) is 19.5 Å². The van der Waals surface area contributed by atoms with Gasteiger partial charge in [0.15, 0.2) is 0 Å². The van der Waals surface area contributed by atoms with Gasteiger partial charge in [0.05, 0.1) is 6.61 Å². The number of nitrogens with zero attached hydrogens (tertiary/aromatic N) is 1. The van der Waals surface area contributed by atoms with Crippen LogP contribution in [0.3, 0.4) is 0 Å². The molecule has 1 aliphatic carbocycles. The molecule has 1 saturated heterocycles. The Bertz CT molecular complexity index is 470. The Morgan fingerprint density at radius 3 is 2.84 bits per heavy atom. The van der Waals surface area contributed by atoms with Gasteiger partial charge < -0.3 is 9.64 Å². The summed E-state index contributed by atoms with van der Waals surface area (Å²) in [6.07, 6.45) is 6.34. The molecular weight excluding hydrogens is 238 g/mol. The van der Waals surface area contributed by atoms with Gasteiger partial charge in [-0.15, -0.1) is 0 Å². The summed E-state index contributed by atoms with van der Waals surface area (Å²) in [7, 11) is 0. The molecule has 2 aliphatic rings. The molecule has 0 radical (unpaired) electrons. The van der Waals surface area contributed by atoms with Crippen molar-refractivity contribution in [2.45, 2.75) is 38.5 Å². The van der Waals surface area contributed by atoms with E-state index in [9.17, 15) is 4.79 Å². The van der Waals surface area contributed by atoms with Gasteiger partial charge >= 0.3 is 0 Å². The Kier molecular flexibility index (Phi) is 3.72. The molecule has 102 valence electrons. The number of hydrogen-bond donors (Lipinski definition) is 0. The van der Waals surface area contributed by atoms with E-state index in [1.54, 1.807) is 0 Å². The number of rotatable bonds is 5. The van der Waals surface area contributed by atoms with Gasteiger partial charge in [-0.05, 0) is 55.4 Å². The van der Waals surface area contributed by atoms with E-state index in [0.29, 0.717) is 12.5 Å². The molecule has 0 N–H and O–H groups in total. The van der Waals surface area contributed by atoms with Crippen LogP contribution >= 0.6 is 0 Å². The summed E-state index contributed by atoms with van der Waals surface area (Å²) in [5.74, 6) is 1.28. The quantitative estimate of drug-likeness (QED) is 0.761. The van der Waals surface area contributed by atoms with Crippen LogP contribution in [0.1, 0.15) is 36.8 Å². The number of benzene rings is 1. The Morgan fingerprint density at radius 2 is 2.00 bits per heavy atom. The number of ether oxygens (including phenoxy) is 1. The van der Waals surface area contributed by atoms with Crippen LogP contribution in [0, 0.1) is 0 Å². The summed E-state index contributed by atoms with van der Waals surface area (Å²) in [4.78, 5) is 13.4. The fraction of sp³-hybridized carbons (Fsp3) is 0.562. The van der Waals surface area contributed by atoms with Crippen molar-refractivity contribution in [2.24, 2.45) is 0 Å². The smallest absolute Gasteiger partial charge is 0.222 e. The molecule has 1 heterocycles. The lowest BCUT2D eigenvalue weighted by Gasteiger charge is -2.15. The lowest BCUT2D eigenvalue weighted by molar-refractivity contribution is -0.127. The molecule has 0 saturated carbocycles. The Balaban J connectivity index is 1.43. The van der Waals surface area contributed by atoms with Crippen molar-refractivity contribution in [2.75, 3.05) is 19.7 Å². The van der Waals surface area contributed by atoms with E-state index >= 15 is 0 Å². The van der Waals surface area contributed by atoms with E-state index < -0.39 is 0 Å². The first-order valence-corrected chi connectivity index (χ1v) is 7.35. The summed E-state index contributed by atoms with van der Waals surface area (Å²) in [6, 6.07) is 6.45. The van der Waals surface area contributed by atoms with E-state index in [0.717, 1.165) is 38.1 Å². The van der Waals surface area contributed by atoms with Crippen molar-refractivity contribution in [1.82, 2.24) is 4.90 Å². The van der Waals surface area contributed by atoms with Gasteiger partial charge in [0.2, 0.25) is 5.91 Å². The Morgan fingerprint density at radius 1 is 1.11 bits per heavy atom.